The molecule has 10 heteroatoms. The molecule has 152 valence electrons. The van der Waals surface area contributed by atoms with Crippen molar-refractivity contribution < 1.29 is 9.47 Å². The number of halogens is 3. The summed E-state index contributed by atoms with van der Waals surface area (Å²) in [5.41, 5.74) is 1.59. The maximum absolute atomic E-state index is 6.29. The van der Waals surface area contributed by atoms with Crippen LogP contribution in [0.4, 0.5) is 11.5 Å². The number of nitrogens with zero attached hydrogens (tertiary/aromatic N) is 2. The second-order valence-electron chi connectivity index (χ2n) is 5.91. The van der Waals surface area contributed by atoms with Crippen LogP contribution in [-0.4, -0.2) is 29.1 Å². The number of hydrogen-bond donors (Lipinski definition) is 2. The molecule has 0 aliphatic carbocycles. The van der Waals surface area contributed by atoms with E-state index in [9.17, 15) is 0 Å². The van der Waals surface area contributed by atoms with Gasteiger partial charge in [-0.3, -0.25) is 4.68 Å². The molecular weight excluding hydrogens is 455 g/mol. The third kappa shape index (κ3) is 5.45. The van der Waals surface area contributed by atoms with E-state index in [1.54, 1.807) is 49.4 Å². The smallest absolute Gasteiger partial charge is 0.176 e. The van der Waals surface area contributed by atoms with Crippen molar-refractivity contribution in [3.63, 3.8) is 0 Å². The number of anilines is 2. The van der Waals surface area contributed by atoms with Crippen molar-refractivity contribution in [3.8, 4) is 11.5 Å². The van der Waals surface area contributed by atoms with E-state index < -0.39 is 0 Å². The lowest BCUT2D eigenvalue weighted by Crippen LogP contribution is -2.19. The zero-order valence-corrected chi connectivity index (χ0v) is 18.6. The average Bonchev–Trinajstić information content (AvgIpc) is 3.02. The largest absolute Gasteiger partial charge is 0.493 e. The zero-order chi connectivity index (χ0) is 21.0. The molecule has 2 aromatic carbocycles. The molecule has 3 aromatic rings. The van der Waals surface area contributed by atoms with Crippen molar-refractivity contribution in [3.05, 3.63) is 63.2 Å². The van der Waals surface area contributed by atoms with Gasteiger partial charge < -0.3 is 20.1 Å². The minimum absolute atomic E-state index is 0.328. The van der Waals surface area contributed by atoms with Gasteiger partial charge in [0.2, 0.25) is 0 Å². The van der Waals surface area contributed by atoms with Crippen molar-refractivity contribution in [1.82, 2.24) is 9.78 Å². The number of rotatable bonds is 6. The van der Waals surface area contributed by atoms with Crippen LogP contribution in [0.25, 0.3) is 0 Å². The lowest BCUT2D eigenvalue weighted by molar-refractivity contribution is 0.355. The fourth-order valence-electron chi connectivity index (χ4n) is 2.57. The van der Waals surface area contributed by atoms with Crippen LogP contribution in [0.2, 0.25) is 15.1 Å². The molecular formula is C19H17Cl3N4O2S. The quantitative estimate of drug-likeness (QED) is 0.449. The van der Waals surface area contributed by atoms with E-state index in [-0.39, 0.29) is 0 Å². The van der Waals surface area contributed by atoms with Crippen LogP contribution in [0, 0.1) is 0 Å². The van der Waals surface area contributed by atoms with Crippen LogP contribution >= 0.6 is 47.0 Å². The monoisotopic (exact) mass is 470 g/mol. The molecule has 0 radical (unpaired) electrons. The van der Waals surface area contributed by atoms with Gasteiger partial charge in [0.1, 0.15) is 5.02 Å². The zero-order valence-electron chi connectivity index (χ0n) is 15.5. The summed E-state index contributed by atoms with van der Waals surface area (Å²) >= 11 is 23.8. The van der Waals surface area contributed by atoms with Crippen LogP contribution in [0.5, 0.6) is 11.5 Å². The Balaban J connectivity index is 1.68. The van der Waals surface area contributed by atoms with Gasteiger partial charge in [0.05, 0.1) is 20.8 Å². The number of nitrogens with one attached hydrogen (secondary N) is 2. The van der Waals surface area contributed by atoms with Crippen LogP contribution < -0.4 is 20.1 Å². The van der Waals surface area contributed by atoms with Crippen molar-refractivity contribution in [2.24, 2.45) is 0 Å². The van der Waals surface area contributed by atoms with Gasteiger partial charge >= 0.3 is 0 Å². The molecule has 0 saturated carbocycles. The summed E-state index contributed by atoms with van der Waals surface area (Å²) in [4.78, 5) is 0. The molecule has 2 N–H and O–H groups in total. The fraction of sp³-hybridized carbons (Fsp3) is 0.158. The molecule has 0 aliphatic heterocycles. The van der Waals surface area contributed by atoms with Crippen molar-refractivity contribution in [2.75, 3.05) is 24.9 Å². The molecule has 3 rings (SSSR count). The minimum atomic E-state index is 0.328. The van der Waals surface area contributed by atoms with Crippen molar-refractivity contribution in [1.29, 1.82) is 0 Å². The Labute approximate surface area is 188 Å². The highest BCUT2D eigenvalue weighted by molar-refractivity contribution is 7.80. The number of ether oxygens (including phenoxy) is 2. The van der Waals surface area contributed by atoms with Gasteiger partial charge in [-0.25, -0.2) is 0 Å². The van der Waals surface area contributed by atoms with Gasteiger partial charge in [-0.2, -0.15) is 5.10 Å². The summed E-state index contributed by atoms with van der Waals surface area (Å²) in [5, 5.41) is 12.4. The first kappa shape index (κ1) is 21.5. The Morgan fingerprint density at radius 2 is 1.76 bits per heavy atom. The standard InChI is InChI=1S/C19H17Cl3N4O2S/c1-27-16-6-5-13(8-17(16)28-2)23-19(29)24-18-15(22)10-26(25-18)9-11-3-4-12(20)7-14(11)21/h3-8,10H,9H2,1-2H3,(H2,23,24,25,29). The van der Waals surface area contributed by atoms with Crippen molar-refractivity contribution in [2.45, 2.75) is 6.54 Å². The molecule has 1 heterocycles. The minimum Gasteiger partial charge on any atom is -0.493 e. The van der Waals surface area contributed by atoms with Gasteiger partial charge in [-0.1, -0.05) is 40.9 Å². The molecule has 0 saturated heterocycles. The van der Waals surface area contributed by atoms with E-state index in [1.165, 1.54) is 0 Å². The molecule has 6 nitrogen and oxygen atoms in total. The van der Waals surface area contributed by atoms with Crippen LogP contribution in [0.3, 0.4) is 0 Å². The van der Waals surface area contributed by atoms with Crippen LogP contribution in [0.15, 0.2) is 42.6 Å². The Morgan fingerprint density at radius 3 is 2.45 bits per heavy atom. The predicted octanol–water partition coefficient (Wildman–Crippen LogP) is 5.72. The number of aromatic nitrogens is 2. The van der Waals surface area contributed by atoms with Crippen LogP contribution in [0.1, 0.15) is 5.56 Å². The highest BCUT2D eigenvalue weighted by atomic mass is 35.5. The summed E-state index contributed by atoms with van der Waals surface area (Å²) in [7, 11) is 3.14. The third-order valence-corrected chi connectivity index (χ3v) is 5.01. The second-order valence-corrected chi connectivity index (χ2v) is 7.57. The Kier molecular flexibility index (Phi) is 7.08. The molecule has 0 aliphatic rings. The first-order chi connectivity index (χ1) is 13.9. The Hall–Kier alpha value is -2.19. The number of hydrogen-bond acceptors (Lipinski definition) is 4. The molecule has 29 heavy (non-hydrogen) atoms. The van der Waals surface area contributed by atoms with Gasteiger partial charge in [-0.05, 0) is 42.0 Å². The Bertz CT molecular complexity index is 1040. The SMILES string of the molecule is COc1ccc(NC(=S)Nc2nn(Cc3ccc(Cl)cc3Cl)cc2Cl)cc1OC. The maximum atomic E-state index is 6.29. The highest BCUT2D eigenvalue weighted by Crippen LogP contribution is 2.30. The number of methoxy groups -OCH3 is 2. The van der Waals surface area contributed by atoms with E-state index in [1.807, 2.05) is 12.1 Å². The molecule has 0 amide bonds. The van der Waals surface area contributed by atoms with E-state index >= 15 is 0 Å². The summed E-state index contributed by atoms with van der Waals surface area (Å²) in [6.45, 7) is 0.438. The third-order valence-electron chi connectivity index (χ3n) is 3.94. The van der Waals surface area contributed by atoms with E-state index in [0.29, 0.717) is 44.0 Å². The molecule has 0 unspecified atom stereocenters. The summed E-state index contributed by atoms with van der Waals surface area (Å²) in [6.07, 6.45) is 1.69. The highest BCUT2D eigenvalue weighted by Gasteiger charge is 2.11. The van der Waals surface area contributed by atoms with Crippen molar-refractivity contribution >= 4 is 63.6 Å². The Morgan fingerprint density at radius 1 is 1.00 bits per heavy atom. The van der Waals surface area contributed by atoms with Gasteiger partial charge in [0.15, 0.2) is 22.4 Å². The summed E-state index contributed by atoms with van der Waals surface area (Å²) in [6, 6.07) is 10.7. The fourth-order valence-corrected chi connectivity index (χ4v) is 3.45. The lowest BCUT2D eigenvalue weighted by Gasteiger charge is -2.12. The van der Waals surface area contributed by atoms with Gasteiger partial charge in [0, 0.05) is 28.0 Å². The first-order valence-corrected chi connectivity index (χ1v) is 9.90. The van der Waals surface area contributed by atoms with Gasteiger partial charge in [-0.15, -0.1) is 0 Å². The number of thiocarbonyl (C=S) groups is 1. The predicted molar refractivity (Wildman–Crippen MR) is 122 cm³/mol. The maximum Gasteiger partial charge on any atom is 0.176 e. The van der Waals surface area contributed by atoms with Gasteiger partial charge in [0.25, 0.3) is 0 Å². The van der Waals surface area contributed by atoms with E-state index in [2.05, 4.69) is 15.7 Å². The lowest BCUT2D eigenvalue weighted by atomic mass is 10.2. The molecule has 0 spiro atoms. The number of benzene rings is 2. The summed E-state index contributed by atoms with van der Waals surface area (Å²) < 4.78 is 12.2. The second kappa shape index (κ2) is 9.54. The van der Waals surface area contributed by atoms with E-state index in [0.717, 1.165) is 11.3 Å². The topological polar surface area (TPSA) is 60.3 Å². The first-order valence-electron chi connectivity index (χ1n) is 8.36. The molecule has 0 bridgehead atoms. The van der Waals surface area contributed by atoms with Crippen LogP contribution in [-0.2, 0) is 6.54 Å². The van der Waals surface area contributed by atoms with E-state index in [4.69, 9.17) is 56.5 Å². The molecule has 0 fully saturated rings. The molecule has 1 aromatic heterocycles. The normalized spacial score (nSPS) is 10.5. The average molecular weight is 472 g/mol. The summed E-state index contributed by atoms with van der Waals surface area (Å²) in [5.74, 6) is 1.64. The molecule has 0 atom stereocenters.